The van der Waals surface area contributed by atoms with Crippen LogP contribution in [0.15, 0.2) is 48.7 Å². The zero-order valence-corrected chi connectivity index (χ0v) is 12.8. The summed E-state index contributed by atoms with van der Waals surface area (Å²) in [6.45, 7) is 1.73. The lowest BCUT2D eigenvalue weighted by atomic mass is 10.1. The highest BCUT2D eigenvalue weighted by Gasteiger charge is 2.06. The molecule has 4 nitrogen and oxygen atoms in total. The predicted molar refractivity (Wildman–Crippen MR) is 91.1 cm³/mol. The molecule has 0 bridgehead atoms. The number of hydrogen-bond donors (Lipinski definition) is 2. The Balaban J connectivity index is 1.85. The van der Waals surface area contributed by atoms with Crippen LogP contribution in [0.3, 0.4) is 0 Å². The van der Waals surface area contributed by atoms with Gasteiger partial charge in [-0.1, -0.05) is 18.2 Å². The summed E-state index contributed by atoms with van der Waals surface area (Å²) >= 11 is 1.49. The number of aromatic nitrogens is 2. The van der Waals surface area contributed by atoms with Crippen molar-refractivity contribution in [3.05, 3.63) is 54.2 Å². The van der Waals surface area contributed by atoms with Gasteiger partial charge in [-0.3, -0.25) is 0 Å². The molecule has 3 rings (SSSR count). The number of thiophene rings is 1. The van der Waals surface area contributed by atoms with Crippen LogP contribution in [0.5, 0.6) is 0 Å². The molecule has 1 atom stereocenters. The summed E-state index contributed by atoms with van der Waals surface area (Å²) in [5.74, 6) is 0.507. The first-order valence-corrected chi connectivity index (χ1v) is 7.67. The average molecular weight is 307 g/mol. The maximum absolute atomic E-state index is 9.64. The number of aliphatic hydroxyl groups excluding tert-OH is 1. The number of anilines is 2. The van der Waals surface area contributed by atoms with E-state index >= 15 is 0 Å². The molecule has 2 aromatic heterocycles. The van der Waals surface area contributed by atoms with E-state index in [2.05, 4.69) is 15.3 Å². The highest BCUT2D eigenvalue weighted by Crippen LogP contribution is 2.23. The second kappa shape index (κ2) is 6.29. The molecule has 2 N–H and O–H groups in total. The molecule has 0 fully saturated rings. The van der Waals surface area contributed by atoms with Crippen molar-refractivity contribution in [3.8, 4) is 10.6 Å². The molecule has 3 aromatic rings. The van der Waals surface area contributed by atoms with E-state index in [0.29, 0.717) is 5.95 Å². The van der Waals surface area contributed by atoms with Crippen LogP contribution >= 0.6 is 11.3 Å². The molecular formula is C16H14BN3OS. The van der Waals surface area contributed by atoms with Gasteiger partial charge in [0.25, 0.3) is 0 Å². The van der Waals surface area contributed by atoms with E-state index in [1.54, 1.807) is 13.1 Å². The zero-order valence-electron chi connectivity index (χ0n) is 12.0. The summed E-state index contributed by atoms with van der Waals surface area (Å²) in [5.41, 5.74) is 2.50. The summed E-state index contributed by atoms with van der Waals surface area (Å²) in [7, 11) is 5.76. The Morgan fingerprint density at radius 1 is 1.23 bits per heavy atom. The summed E-state index contributed by atoms with van der Waals surface area (Å²) in [6.07, 6.45) is 1.20. The molecule has 0 saturated carbocycles. The van der Waals surface area contributed by atoms with Crippen molar-refractivity contribution in [1.29, 1.82) is 0 Å². The number of rotatable bonds is 4. The van der Waals surface area contributed by atoms with Gasteiger partial charge in [-0.2, -0.15) is 11.3 Å². The molecule has 0 aliphatic heterocycles. The first-order valence-electron chi connectivity index (χ1n) is 6.85. The van der Waals surface area contributed by atoms with Crippen LogP contribution in [0.25, 0.3) is 10.6 Å². The Labute approximate surface area is 134 Å². The van der Waals surface area contributed by atoms with Gasteiger partial charge >= 0.3 is 0 Å². The fourth-order valence-corrected chi connectivity index (χ4v) is 2.80. The van der Waals surface area contributed by atoms with Crippen molar-refractivity contribution in [2.24, 2.45) is 0 Å². The second-order valence-electron chi connectivity index (χ2n) is 4.89. The van der Waals surface area contributed by atoms with E-state index in [4.69, 9.17) is 7.85 Å². The Morgan fingerprint density at radius 3 is 2.82 bits per heavy atom. The molecule has 1 unspecified atom stereocenters. The number of nitrogens with one attached hydrogen (secondary N) is 1. The van der Waals surface area contributed by atoms with Crippen LogP contribution < -0.4 is 10.1 Å². The Hall–Kier alpha value is -2.18. The SMILES string of the molecule is [B]c1ccc(-c2ccnc(Nc3cccc(C(C)O)c3)n2)s1. The van der Waals surface area contributed by atoms with Crippen LogP contribution in [-0.2, 0) is 0 Å². The zero-order chi connectivity index (χ0) is 15.5. The summed E-state index contributed by atoms with van der Waals surface area (Å²) in [5, 5.41) is 12.8. The summed E-state index contributed by atoms with van der Waals surface area (Å²) in [4.78, 5) is 9.73. The van der Waals surface area contributed by atoms with Crippen molar-refractivity contribution in [2.75, 3.05) is 5.32 Å². The predicted octanol–water partition coefficient (Wildman–Crippen LogP) is 2.80. The lowest BCUT2D eigenvalue weighted by Crippen LogP contribution is -1.99. The number of aliphatic hydroxyl groups is 1. The Kier molecular flexibility index (Phi) is 4.22. The molecule has 6 heteroatoms. The lowest BCUT2D eigenvalue weighted by Gasteiger charge is -2.09. The molecule has 0 aliphatic carbocycles. The van der Waals surface area contributed by atoms with E-state index in [0.717, 1.165) is 26.6 Å². The molecule has 2 heterocycles. The molecular weight excluding hydrogens is 293 g/mol. The number of hydrogen-bond acceptors (Lipinski definition) is 5. The third-order valence-electron chi connectivity index (χ3n) is 3.16. The maximum atomic E-state index is 9.64. The van der Waals surface area contributed by atoms with Crippen molar-refractivity contribution < 1.29 is 5.11 Å². The molecule has 22 heavy (non-hydrogen) atoms. The Morgan fingerprint density at radius 2 is 2.09 bits per heavy atom. The van der Waals surface area contributed by atoms with Gasteiger partial charge in [0, 0.05) is 11.9 Å². The normalized spacial score (nSPS) is 12.1. The van der Waals surface area contributed by atoms with Gasteiger partial charge < -0.3 is 10.4 Å². The van der Waals surface area contributed by atoms with Gasteiger partial charge in [-0.15, -0.1) is 0 Å². The third kappa shape index (κ3) is 3.35. The van der Waals surface area contributed by atoms with E-state index in [1.807, 2.05) is 42.5 Å². The van der Waals surface area contributed by atoms with Crippen molar-refractivity contribution in [3.63, 3.8) is 0 Å². The molecule has 2 radical (unpaired) electrons. The van der Waals surface area contributed by atoms with Crippen molar-refractivity contribution >= 4 is 35.6 Å². The van der Waals surface area contributed by atoms with Crippen molar-refractivity contribution in [2.45, 2.75) is 13.0 Å². The quantitative estimate of drug-likeness (QED) is 0.728. The molecule has 0 saturated heterocycles. The lowest BCUT2D eigenvalue weighted by molar-refractivity contribution is 0.199. The molecule has 0 aliphatic rings. The van der Waals surface area contributed by atoms with Gasteiger partial charge in [0.1, 0.15) is 7.85 Å². The van der Waals surface area contributed by atoms with E-state index in [9.17, 15) is 5.11 Å². The monoisotopic (exact) mass is 307 g/mol. The topological polar surface area (TPSA) is 58.0 Å². The number of benzene rings is 1. The fraction of sp³-hybridized carbons (Fsp3) is 0.125. The molecule has 0 spiro atoms. The smallest absolute Gasteiger partial charge is 0.227 e. The molecule has 1 aromatic carbocycles. The highest BCUT2D eigenvalue weighted by atomic mass is 32.1. The maximum Gasteiger partial charge on any atom is 0.227 e. The van der Waals surface area contributed by atoms with Crippen LogP contribution in [0.2, 0.25) is 0 Å². The van der Waals surface area contributed by atoms with Gasteiger partial charge in [-0.25, -0.2) is 9.97 Å². The Bertz CT molecular complexity index is 788. The second-order valence-corrected chi connectivity index (χ2v) is 6.01. The van der Waals surface area contributed by atoms with Gasteiger partial charge in [0.15, 0.2) is 0 Å². The standard InChI is InChI=1S/C16H14BN3OS/c1-10(21)11-3-2-4-12(9-11)19-16-18-8-7-13(20-16)14-5-6-15(17)22-14/h2-10,21H,1H3,(H,18,19,20). The van der Waals surface area contributed by atoms with Crippen LogP contribution in [0.4, 0.5) is 11.6 Å². The first kappa shape index (κ1) is 14.7. The minimum atomic E-state index is -0.511. The van der Waals surface area contributed by atoms with Crippen LogP contribution in [0, 0.1) is 0 Å². The highest BCUT2D eigenvalue weighted by molar-refractivity contribution is 7.23. The molecule has 0 amide bonds. The summed E-state index contributed by atoms with van der Waals surface area (Å²) < 4.78 is 0.757. The average Bonchev–Trinajstić information content (AvgIpc) is 2.94. The largest absolute Gasteiger partial charge is 0.389 e. The van der Waals surface area contributed by atoms with Gasteiger partial charge in [-0.05, 0) is 41.5 Å². The van der Waals surface area contributed by atoms with E-state index in [-0.39, 0.29) is 0 Å². The first-order chi connectivity index (χ1) is 10.6. The van der Waals surface area contributed by atoms with E-state index < -0.39 is 6.10 Å². The minimum Gasteiger partial charge on any atom is -0.389 e. The van der Waals surface area contributed by atoms with Gasteiger partial charge in [0.2, 0.25) is 5.95 Å². The van der Waals surface area contributed by atoms with Crippen LogP contribution in [0.1, 0.15) is 18.6 Å². The minimum absolute atomic E-state index is 0.507. The third-order valence-corrected chi connectivity index (χ3v) is 4.10. The fourth-order valence-electron chi connectivity index (χ4n) is 2.05. The van der Waals surface area contributed by atoms with Gasteiger partial charge in [0.05, 0.1) is 16.7 Å². The van der Waals surface area contributed by atoms with Crippen molar-refractivity contribution in [1.82, 2.24) is 9.97 Å². The summed E-state index contributed by atoms with van der Waals surface area (Å²) in [6, 6.07) is 13.2. The number of nitrogens with zero attached hydrogens (tertiary/aromatic N) is 2. The molecule has 108 valence electrons. The van der Waals surface area contributed by atoms with Crippen LogP contribution in [-0.4, -0.2) is 22.9 Å². The van der Waals surface area contributed by atoms with E-state index in [1.165, 1.54) is 11.3 Å².